The van der Waals surface area contributed by atoms with E-state index in [1.165, 1.54) is 54.5 Å². The van der Waals surface area contributed by atoms with Crippen molar-refractivity contribution in [2.75, 3.05) is 52.6 Å². The number of nitrogens with zero attached hydrogens (tertiary/aromatic N) is 11. The van der Waals surface area contributed by atoms with Crippen molar-refractivity contribution in [2.24, 2.45) is 21.1 Å². The summed E-state index contributed by atoms with van der Waals surface area (Å²) >= 11 is 23.7. The fraction of sp³-hybridized carbons (Fsp3) is 0.409. The van der Waals surface area contributed by atoms with Gasteiger partial charge < -0.3 is 48.1 Å². The Morgan fingerprint density at radius 3 is 0.929 bits per heavy atom. The average molecular weight is 2010 g/mol. The van der Waals surface area contributed by atoms with Crippen molar-refractivity contribution in [1.82, 2.24) is 54.1 Å². The molecule has 1 N–H and O–H groups in total. The van der Waals surface area contributed by atoms with Crippen LogP contribution in [0.15, 0.2) is 146 Å². The average Bonchev–Trinajstić information content (AvgIpc) is 1.50. The lowest BCUT2D eigenvalue weighted by molar-refractivity contribution is -0.167. The Morgan fingerprint density at radius 1 is 0.379 bits per heavy atom. The van der Waals surface area contributed by atoms with Gasteiger partial charge in [-0.2, -0.15) is 15.3 Å². The van der Waals surface area contributed by atoms with Gasteiger partial charge in [-0.1, -0.05) is 90.5 Å². The Balaban J connectivity index is 0.000000152. The van der Waals surface area contributed by atoms with E-state index < -0.39 is 53.0 Å². The maximum absolute atomic E-state index is 13.5. The summed E-state index contributed by atoms with van der Waals surface area (Å²) in [4.78, 5) is 83.3. The molecule has 1 aliphatic carbocycles. The number of likely N-dealkylation sites (tertiary alicyclic amines) is 2. The van der Waals surface area contributed by atoms with Gasteiger partial charge in [0.1, 0.15) is 15.0 Å². The van der Waals surface area contributed by atoms with Crippen LogP contribution in [0.2, 0.25) is 15.1 Å². The van der Waals surface area contributed by atoms with Crippen molar-refractivity contribution in [3.63, 3.8) is 0 Å². The molecule has 9 aromatic carbocycles. The number of esters is 2. The number of carboxylic acids is 1. The number of aromatic nitrogens is 9. The van der Waals surface area contributed by atoms with Gasteiger partial charge in [0.05, 0.1) is 108 Å². The van der Waals surface area contributed by atoms with Crippen LogP contribution in [0.1, 0.15) is 234 Å². The molecule has 24 nitrogen and oxygen atoms in total. The van der Waals surface area contributed by atoms with E-state index in [-0.39, 0.29) is 37.2 Å². The number of aliphatic carboxylic acids is 1. The van der Waals surface area contributed by atoms with Gasteiger partial charge in [0.15, 0.2) is 18.3 Å². The van der Waals surface area contributed by atoms with Crippen molar-refractivity contribution in [3.8, 4) is 65.1 Å². The molecule has 0 bridgehead atoms. The van der Waals surface area contributed by atoms with Crippen LogP contribution in [0.5, 0.6) is 0 Å². The summed E-state index contributed by atoms with van der Waals surface area (Å²) in [5.41, 5.74) is 20.2. The zero-order valence-electron chi connectivity index (χ0n) is 83.0. The molecule has 2 aliphatic heterocycles. The standard InChI is InChI=1S/C38H43ClN4O5S.C36H39ClN4O5S.C36H40ClN3O3S/c1-8-46-36(44)33(48-38(4,5)6)30-22(3)20-28-34(31(30)23-10-13-26(39)14-11-23)49-35(40-28)25-12-15-29-27(21-25)32(41-42(29)7)24-16-18-43(19-17-24)37(45)47-9-2;1-7-45-35(44)41-16-14-22(15-17-41)30-25-19-23(10-13-27(25)40(6)39-30)33-38-26-18-20(2)28(31(34(42)43)46-36(3,4)5)29(32(26)47-33)21-8-11-24(37)12-9-21;1-7-42-35(41)32(43-36(3,4)5)29-21(2)19-27-33(30(29)22-13-16-25(37)17-14-22)44-34(38-27)24-15-18-28-26(20-24)31(39-40(28)6)23-11-9-8-10-12-23/h10-15,20-21,24,33H,8-9,16-19H2,1-7H3;8-13,18-19,22,31H,7,14-17H2,1-6H3,(H,42,43);13-20,23,32H,7-12H2,1-6H3/t33-;31-;32-/m000/s1. The summed E-state index contributed by atoms with van der Waals surface area (Å²) in [7, 11) is 5.96. The Hall–Kier alpha value is -11.2. The molecule has 6 aromatic heterocycles. The predicted molar refractivity (Wildman–Crippen MR) is 562 cm³/mol. The second kappa shape index (κ2) is 42.5. The number of carboxylic acid groups (broad SMARTS) is 1. The molecule has 30 heteroatoms. The number of piperidine rings is 2. The van der Waals surface area contributed by atoms with Gasteiger partial charge in [-0.25, -0.2) is 38.9 Å². The Labute approximate surface area is 843 Å². The highest BCUT2D eigenvalue weighted by molar-refractivity contribution is 7.23. The Bertz CT molecular complexity index is 7140. The Kier molecular flexibility index (Phi) is 30.9. The van der Waals surface area contributed by atoms with Gasteiger partial charge >= 0.3 is 30.1 Å². The predicted octanol–water partition coefficient (Wildman–Crippen LogP) is 27.9. The quantitative estimate of drug-likeness (QED) is 0.0488. The summed E-state index contributed by atoms with van der Waals surface area (Å²) in [5.74, 6) is -0.936. The lowest BCUT2D eigenvalue weighted by Gasteiger charge is -2.30. The molecule has 0 unspecified atom stereocenters. The number of carbonyl (C=O) groups is 5. The Morgan fingerprint density at radius 2 is 0.650 bits per heavy atom. The molecular formula is C110H122Cl3N11O13S3. The molecule has 1 saturated carbocycles. The molecule has 734 valence electrons. The fourth-order valence-electron chi connectivity index (χ4n) is 19.6. The van der Waals surface area contributed by atoms with Crippen molar-refractivity contribution < 1.29 is 62.2 Å². The van der Waals surface area contributed by atoms with Crippen LogP contribution < -0.4 is 0 Å². The van der Waals surface area contributed by atoms with Crippen molar-refractivity contribution in [1.29, 1.82) is 0 Å². The molecule has 3 fully saturated rings. The fourth-order valence-corrected chi connectivity index (χ4v) is 23.3. The first-order valence-electron chi connectivity index (χ1n) is 48.2. The third kappa shape index (κ3) is 22.2. The zero-order chi connectivity index (χ0) is 99.8. The number of fused-ring (bicyclic) bond motifs is 6. The first-order chi connectivity index (χ1) is 66.8. The molecule has 15 aromatic rings. The maximum atomic E-state index is 13.5. The van der Waals surface area contributed by atoms with Gasteiger partial charge in [-0.3, -0.25) is 14.0 Å². The van der Waals surface area contributed by atoms with Gasteiger partial charge in [0, 0.05) is 146 Å². The van der Waals surface area contributed by atoms with Crippen LogP contribution in [0.25, 0.3) is 128 Å². The molecule has 18 rings (SSSR count). The smallest absolute Gasteiger partial charge is 0.409 e. The minimum Gasteiger partial charge on any atom is -0.479 e. The summed E-state index contributed by atoms with van der Waals surface area (Å²) in [6.07, 6.45) is 5.97. The van der Waals surface area contributed by atoms with E-state index >= 15 is 0 Å². The second-order valence-electron chi connectivity index (χ2n) is 39.2. The third-order valence-electron chi connectivity index (χ3n) is 25.8. The first kappa shape index (κ1) is 102. The van der Waals surface area contributed by atoms with Gasteiger partial charge in [0.25, 0.3) is 0 Å². The number of aryl methyl sites for hydroxylation is 6. The number of halogens is 3. The highest BCUT2D eigenvalue weighted by atomic mass is 35.5. The number of rotatable bonds is 22. The number of ether oxygens (including phenoxy) is 7. The molecule has 0 spiro atoms. The summed E-state index contributed by atoms with van der Waals surface area (Å²) < 4.78 is 49.3. The minimum atomic E-state index is -1.18. The first-order valence-corrected chi connectivity index (χ1v) is 51.8. The number of benzene rings is 9. The van der Waals surface area contributed by atoms with Crippen LogP contribution in [0.4, 0.5) is 9.59 Å². The number of amides is 2. The minimum absolute atomic E-state index is 0.215. The molecule has 0 radical (unpaired) electrons. The molecular weight excluding hydrogens is 1890 g/mol. The van der Waals surface area contributed by atoms with Crippen LogP contribution in [-0.2, 0) is 68.7 Å². The molecule has 2 amide bonds. The van der Waals surface area contributed by atoms with Crippen molar-refractivity contribution in [2.45, 2.75) is 221 Å². The summed E-state index contributed by atoms with van der Waals surface area (Å²) in [6, 6.07) is 48.2. The molecule has 3 atom stereocenters. The topological polar surface area (TPSA) is 269 Å². The number of thiazole rings is 3. The van der Waals surface area contributed by atoms with Crippen LogP contribution >= 0.6 is 68.8 Å². The lowest BCUT2D eigenvalue weighted by atomic mass is 9.86. The van der Waals surface area contributed by atoms with E-state index in [4.69, 9.17) is 98.2 Å². The van der Waals surface area contributed by atoms with Gasteiger partial charge in [-0.15, -0.1) is 34.0 Å². The van der Waals surface area contributed by atoms with E-state index in [9.17, 15) is 29.1 Å². The van der Waals surface area contributed by atoms with Gasteiger partial charge in [0.2, 0.25) is 0 Å². The van der Waals surface area contributed by atoms with Crippen LogP contribution in [0.3, 0.4) is 0 Å². The summed E-state index contributed by atoms with van der Waals surface area (Å²) in [6.45, 7) is 34.2. The van der Waals surface area contributed by atoms with Crippen LogP contribution in [-0.4, -0.2) is 159 Å². The van der Waals surface area contributed by atoms with Crippen molar-refractivity contribution in [3.05, 3.63) is 211 Å². The monoisotopic (exact) mass is 2010 g/mol. The maximum Gasteiger partial charge on any atom is 0.409 e. The highest BCUT2D eigenvalue weighted by Crippen LogP contribution is 2.51. The van der Waals surface area contributed by atoms with Crippen molar-refractivity contribution >= 4 is 162 Å². The number of carbonyl (C=O) groups excluding carboxylic acids is 4. The molecule has 8 heterocycles. The van der Waals surface area contributed by atoms with E-state index in [0.717, 1.165) is 188 Å². The normalized spacial score (nSPS) is 15.0. The molecule has 2 saturated heterocycles. The molecule has 140 heavy (non-hydrogen) atoms. The second-order valence-corrected chi connectivity index (χ2v) is 43.5. The van der Waals surface area contributed by atoms with Gasteiger partial charge in [-0.05, 0) is 292 Å². The molecule has 3 aliphatic rings. The zero-order valence-corrected chi connectivity index (χ0v) is 87.7. The van der Waals surface area contributed by atoms with E-state index in [1.807, 2.05) is 224 Å². The van der Waals surface area contributed by atoms with E-state index in [0.29, 0.717) is 65.9 Å². The number of hydrogen-bond acceptors (Lipinski definition) is 21. The number of hydrogen-bond donors (Lipinski definition) is 1. The van der Waals surface area contributed by atoms with E-state index in [2.05, 4.69) is 60.7 Å². The lowest BCUT2D eigenvalue weighted by Crippen LogP contribution is -2.38. The largest absolute Gasteiger partial charge is 0.479 e. The summed E-state index contributed by atoms with van der Waals surface area (Å²) in [5, 5.41) is 33.1. The van der Waals surface area contributed by atoms with E-state index in [1.54, 1.807) is 39.4 Å². The third-order valence-corrected chi connectivity index (χ3v) is 30.0. The highest BCUT2D eigenvalue weighted by Gasteiger charge is 2.40. The van der Waals surface area contributed by atoms with Crippen LogP contribution in [0, 0.1) is 20.8 Å². The SMILES string of the molecule is CCOC(=O)N1CCC(c2nn(C)c3ccc(-c4nc5cc(C)c([C@H](OC(C)(C)C)C(=O)O)c(-c6ccc(Cl)cc6)c5s4)cc23)CC1.CCOC(=O)[C@@H](OC(C)(C)C)c1c(C)cc2nc(-c3ccc4c(c3)c(C3CCCCC3)nn4C)sc2c1-c1ccc(Cl)cc1.CCOC(=O)[C@@H](OC(C)(C)C)c1c(C)cc2nc(-c3ccc4c(c3)c(C3CCN(C(=O)OCC)CC3)nn4C)sc2c1-c1ccc(Cl)cc1.